The second kappa shape index (κ2) is 4.08. The molecule has 1 aliphatic rings. The van der Waals surface area contributed by atoms with Gasteiger partial charge in [0.1, 0.15) is 0 Å². The van der Waals surface area contributed by atoms with E-state index >= 15 is 0 Å². The summed E-state index contributed by atoms with van der Waals surface area (Å²) < 4.78 is 0. The van der Waals surface area contributed by atoms with Gasteiger partial charge in [0.05, 0.1) is 0 Å². The molecular weight excluding hydrogens is 222 g/mol. The number of rotatable bonds is 2. The normalized spacial score (nSPS) is 25.9. The lowest BCUT2D eigenvalue weighted by atomic mass is 10.1. The lowest BCUT2D eigenvalue weighted by Crippen LogP contribution is -2.15. The fourth-order valence-electron chi connectivity index (χ4n) is 2.17. The topological polar surface area (TPSA) is 12.0 Å². The molecule has 2 unspecified atom stereocenters. The van der Waals surface area contributed by atoms with E-state index in [4.69, 9.17) is 0 Å². The van der Waals surface area contributed by atoms with Crippen molar-refractivity contribution in [2.45, 2.75) is 24.9 Å². The molecular formula is C12H13NS2. The molecule has 3 heterocycles. The summed E-state index contributed by atoms with van der Waals surface area (Å²) in [5, 5.41) is 8.04. The molecule has 0 aliphatic carbocycles. The number of hydrogen-bond acceptors (Lipinski definition) is 3. The van der Waals surface area contributed by atoms with Crippen molar-refractivity contribution < 1.29 is 0 Å². The van der Waals surface area contributed by atoms with E-state index in [0.717, 1.165) is 0 Å². The molecule has 1 aliphatic heterocycles. The summed E-state index contributed by atoms with van der Waals surface area (Å²) in [7, 11) is 0. The maximum absolute atomic E-state index is 3.72. The van der Waals surface area contributed by atoms with Crippen LogP contribution >= 0.6 is 22.7 Å². The summed E-state index contributed by atoms with van der Waals surface area (Å²) in [6, 6.07) is 9.91. The standard InChI is InChI=1S/C12H13NS2/c1-3-11(14-7-1)9-5-6-10(13-9)12-4-2-8-15-12/h1-4,7-10,13H,5-6H2. The van der Waals surface area contributed by atoms with Gasteiger partial charge in [-0.25, -0.2) is 0 Å². The molecule has 0 saturated carbocycles. The molecule has 1 N–H and O–H groups in total. The Morgan fingerprint density at radius 1 is 0.933 bits per heavy atom. The van der Waals surface area contributed by atoms with E-state index in [9.17, 15) is 0 Å². The Balaban J connectivity index is 1.74. The second-order valence-corrected chi connectivity index (χ2v) is 5.84. The van der Waals surface area contributed by atoms with Gasteiger partial charge in [0.15, 0.2) is 0 Å². The summed E-state index contributed by atoms with van der Waals surface area (Å²) in [6.45, 7) is 0. The van der Waals surface area contributed by atoms with Crippen molar-refractivity contribution in [2.75, 3.05) is 0 Å². The van der Waals surface area contributed by atoms with E-state index < -0.39 is 0 Å². The second-order valence-electron chi connectivity index (χ2n) is 3.88. The highest BCUT2D eigenvalue weighted by Gasteiger charge is 2.26. The quantitative estimate of drug-likeness (QED) is 0.830. The van der Waals surface area contributed by atoms with Crippen LogP contribution in [0.3, 0.4) is 0 Å². The summed E-state index contributed by atoms with van der Waals surface area (Å²) in [5.41, 5.74) is 0. The van der Waals surface area contributed by atoms with Crippen molar-refractivity contribution in [3.05, 3.63) is 44.8 Å². The molecule has 0 bridgehead atoms. The van der Waals surface area contributed by atoms with E-state index in [0.29, 0.717) is 12.1 Å². The molecule has 3 heteroatoms. The van der Waals surface area contributed by atoms with Gasteiger partial charge in [-0.15, -0.1) is 22.7 Å². The first-order chi connectivity index (χ1) is 7.43. The van der Waals surface area contributed by atoms with E-state index in [2.05, 4.69) is 40.3 Å². The average Bonchev–Trinajstić information content (AvgIpc) is 3.02. The highest BCUT2D eigenvalue weighted by Crippen LogP contribution is 2.37. The fourth-order valence-corrected chi connectivity index (χ4v) is 3.81. The Bertz CT molecular complexity index is 365. The van der Waals surface area contributed by atoms with Crippen molar-refractivity contribution in [3.63, 3.8) is 0 Å². The zero-order valence-corrected chi connectivity index (χ0v) is 9.98. The third kappa shape index (κ3) is 1.87. The van der Waals surface area contributed by atoms with Crippen LogP contribution in [0.4, 0.5) is 0 Å². The molecule has 3 rings (SSSR count). The van der Waals surface area contributed by atoms with Crippen LogP contribution in [0, 0.1) is 0 Å². The van der Waals surface area contributed by atoms with Crippen LogP contribution < -0.4 is 5.32 Å². The first kappa shape index (κ1) is 9.58. The summed E-state index contributed by atoms with van der Waals surface area (Å²) in [6.07, 6.45) is 2.53. The molecule has 2 atom stereocenters. The SMILES string of the molecule is c1csc(C2CCC(c3cccs3)N2)c1. The van der Waals surface area contributed by atoms with Crippen LogP contribution in [0.5, 0.6) is 0 Å². The largest absolute Gasteiger partial charge is 0.302 e. The van der Waals surface area contributed by atoms with Crippen LogP contribution in [0.15, 0.2) is 35.0 Å². The minimum absolute atomic E-state index is 0.581. The Labute approximate surface area is 97.8 Å². The highest BCUT2D eigenvalue weighted by molar-refractivity contribution is 7.10. The molecule has 0 radical (unpaired) electrons. The minimum atomic E-state index is 0.581. The minimum Gasteiger partial charge on any atom is -0.302 e. The molecule has 0 spiro atoms. The summed E-state index contributed by atoms with van der Waals surface area (Å²) >= 11 is 3.72. The van der Waals surface area contributed by atoms with Gasteiger partial charge < -0.3 is 5.32 Å². The van der Waals surface area contributed by atoms with Gasteiger partial charge in [-0.3, -0.25) is 0 Å². The van der Waals surface area contributed by atoms with Gasteiger partial charge in [-0.1, -0.05) is 12.1 Å². The summed E-state index contributed by atoms with van der Waals surface area (Å²) in [4.78, 5) is 2.96. The maximum atomic E-state index is 3.72. The van der Waals surface area contributed by atoms with Gasteiger partial charge in [0, 0.05) is 21.8 Å². The molecule has 1 nitrogen and oxygen atoms in total. The van der Waals surface area contributed by atoms with E-state index in [-0.39, 0.29) is 0 Å². The Hall–Kier alpha value is -0.640. The third-order valence-electron chi connectivity index (χ3n) is 2.92. The molecule has 0 aromatic carbocycles. The average molecular weight is 235 g/mol. The van der Waals surface area contributed by atoms with Gasteiger partial charge in [0.2, 0.25) is 0 Å². The molecule has 0 amide bonds. The Morgan fingerprint density at radius 2 is 1.47 bits per heavy atom. The number of thiophene rings is 2. The zero-order valence-electron chi connectivity index (χ0n) is 8.35. The first-order valence-corrected chi connectivity index (χ1v) is 7.02. The van der Waals surface area contributed by atoms with Crippen molar-refractivity contribution >= 4 is 22.7 Å². The molecule has 78 valence electrons. The van der Waals surface area contributed by atoms with Gasteiger partial charge in [0.25, 0.3) is 0 Å². The smallest absolute Gasteiger partial charge is 0.0420 e. The van der Waals surface area contributed by atoms with Gasteiger partial charge >= 0.3 is 0 Å². The van der Waals surface area contributed by atoms with Crippen LogP contribution in [0.1, 0.15) is 34.7 Å². The van der Waals surface area contributed by atoms with Crippen molar-refractivity contribution in [3.8, 4) is 0 Å². The lowest BCUT2D eigenvalue weighted by molar-refractivity contribution is 0.587. The Morgan fingerprint density at radius 3 is 1.87 bits per heavy atom. The lowest BCUT2D eigenvalue weighted by Gasteiger charge is -2.11. The van der Waals surface area contributed by atoms with Crippen molar-refractivity contribution in [1.29, 1.82) is 0 Å². The molecule has 2 aromatic rings. The van der Waals surface area contributed by atoms with E-state index in [1.807, 2.05) is 22.7 Å². The number of hydrogen-bond donors (Lipinski definition) is 1. The molecule has 15 heavy (non-hydrogen) atoms. The van der Waals surface area contributed by atoms with Gasteiger partial charge in [-0.2, -0.15) is 0 Å². The monoisotopic (exact) mass is 235 g/mol. The predicted octanol–water partition coefficient (Wildman–Crippen LogP) is 3.98. The van der Waals surface area contributed by atoms with E-state index in [1.165, 1.54) is 22.6 Å². The Kier molecular flexibility index (Phi) is 2.61. The zero-order chi connectivity index (χ0) is 10.1. The number of nitrogens with one attached hydrogen (secondary N) is 1. The van der Waals surface area contributed by atoms with Crippen LogP contribution in [-0.4, -0.2) is 0 Å². The highest BCUT2D eigenvalue weighted by atomic mass is 32.1. The third-order valence-corrected chi connectivity index (χ3v) is 4.89. The fraction of sp³-hybridized carbons (Fsp3) is 0.333. The summed E-state index contributed by atoms with van der Waals surface area (Å²) in [5.74, 6) is 0. The van der Waals surface area contributed by atoms with E-state index in [1.54, 1.807) is 0 Å². The molecule has 1 saturated heterocycles. The first-order valence-electron chi connectivity index (χ1n) is 5.26. The van der Waals surface area contributed by atoms with Crippen molar-refractivity contribution in [1.82, 2.24) is 5.32 Å². The van der Waals surface area contributed by atoms with Gasteiger partial charge in [-0.05, 0) is 35.7 Å². The predicted molar refractivity (Wildman–Crippen MR) is 66.5 cm³/mol. The van der Waals surface area contributed by atoms with Crippen LogP contribution in [0.25, 0.3) is 0 Å². The van der Waals surface area contributed by atoms with Crippen LogP contribution in [0.2, 0.25) is 0 Å². The molecule has 2 aromatic heterocycles. The molecule has 1 fully saturated rings. The maximum Gasteiger partial charge on any atom is 0.0420 e. The van der Waals surface area contributed by atoms with Crippen molar-refractivity contribution in [2.24, 2.45) is 0 Å². The van der Waals surface area contributed by atoms with Crippen LogP contribution in [-0.2, 0) is 0 Å².